The van der Waals surface area contributed by atoms with Crippen LogP contribution in [0.1, 0.15) is 39.5 Å². The minimum absolute atomic E-state index is 0.102. The minimum Gasteiger partial charge on any atom is -0.361 e. The van der Waals surface area contributed by atoms with Crippen molar-refractivity contribution in [2.24, 2.45) is 11.8 Å². The fourth-order valence-electron chi connectivity index (χ4n) is 6.93. The van der Waals surface area contributed by atoms with Gasteiger partial charge in [0.15, 0.2) is 5.78 Å². The summed E-state index contributed by atoms with van der Waals surface area (Å²) in [6.07, 6.45) is 2.39. The molecule has 3 N–H and O–H groups in total. The Morgan fingerprint density at radius 2 is 1.70 bits per heavy atom. The van der Waals surface area contributed by atoms with Gasteiger partial charge in [-0.15, -0.1) is 0 Å². The second-order valence-corrected chi connectivity index (χ2v) is 11.1. The Kier molecular flexibility index (Phi) is 5.18. The number of aromatic nitrogens is 1. The number of anilines is 2. The van der Waals surface area contributed by atoms with Gasteiger partial charge in [0.1, 0.15) is 5.54 Å². The van der Waals surface area contributed by atoms with Gasteiger partial charge in [-0.2, -0.15) is 0 Å². The van der Waals surface area contributed by atoms with Crippen LogP contribution < -0.4 is 15.5 Å². The number of aryl methyl sites for hydroxylation is 1. The topological polar surface area (TPSA) is 111 Å². The maximum absolute atomic E-state index is 14.3. The van der Waals surface area contributed by atoms with Crippen LogP contribution in [-0.4, -0.2) is 34.5 Å². The lowest BCUT2D eigenvalue weighted by Gasteiger charge is -2.29. The van der Waals surface area contributed by atoms with Crippen LogP contribution in [0.5, 0.6) is 0 Å². The maximum atomic E-state index is 14.3. The summed E-state index contributed by atoms with van der Waals surface area (Å²) in [6.45, 7) is 5.40. The second kappa shape index (κ2) is 8.47. The summed E-state index contributed by atoms with van der Waals surface area (Å²) in [5.41, 5.74) is 4.88. The van der Waals surface area contributed by atoms with Crippen LogP contribution in [-0.2, 0) is 26.3 Å². The summed E-state index contributed by atoms with van der Waals surface area (Å²) in [5.74, 6) is -2.86. The molecule has 2 fully saturated rings. The van der Waals surface area contributed by atoms with E-state index in [9.17, 15) is 19.2 Å². The highest BCUT2D eigenvalue weighted by Gasteiger charge is 2.70. The molecular formula is C32H28N4O4. The Hall–Kier alpha value is -4.56. The molecule has 8 heteroatoms. The zero-order valence-electron chi connectivity index (χ0n) is 22.4. The van der Waals surface area contributed by atoms with Gasteiger partial charge in [-0.3, -0.25) is 24.5 Å². The number of rotatable bonds is 4. The average molecular weight is 533 g/mol. The lowest BCUT2D eigenvalue weighted by Crippen LogP contribution is -2.53. The van der Waals surface area contributed by atoms with Gasteiger partial charge in [-0.25, -0.2) is 4.90 Å². The van der Waals surface area contributed by atoms with Gasteiger partial charge in [0.05, 0.1) is 17.5 Å². The van der Waals surface area contributed by atoms with Crippen molar-refractivity contribution in [3.63, 3.8) is 0 Å². The lowest BCUT2D eigenvalue weighted by atomic mass is 9.75. The first-order chi connectivity index (χ1) is 19.2. The number of amides is 3. The highest BCUT2D eigenvalue weighted by molar-refractivity contribution is 6.26. The number of aromatic amines is 1. The normalized spacial score (nSPS) is 25.1. The zero-order valence-corrected chi connectivity index (χ0v) is 22.4. The number of para-hydroxylation sites is 1. The van der Waals surface area contributed by atoms with Gasteiger partial charge in [0, 0.05) is 40.0 Å². The largest absolute Gasteiger partial charge is 0.361 e. The predicted molar refractivity (Wildman–Crippen MR) is 151 cm³/mol. The number of carbonyl (C=O) groups excluding carboxylic acids is 4. The lowest BCUT2D eigenvalue weighted by molar-refractivity contribution is -0.130. The molecule has 3 amide bonds. The van der Waals surface area contributed by atoms with Crippen LogP contribution in [0.3, 0.4) is 0 Å². The Labute approximate surface area is 230 Å². The molecule has 3 aliphatic rings. The molecule has 200 valence electrons. The van der Waals surface area contributed by atoms with E-state index in [-0.39, 0.29) is 17.6 Å². The average Bonchev–Trinajstić information content (AvgIpc) is 3.65. The van der Waals surface area contributed by atoms with E-state index in [1.54, 1.807) is 24.3 Å². The van der Waals surface area contributed by atoms with Crippen molar-refractivity contribution in [2.45, 2.75) is 38.8 Å². The number of hydrogen-bond donors (Lipinski definition) is 3. The summed E-state index contributed by atoms with van der Waals surface area (Å²) < 4.78 is 0. The van der Waals surface area contributed by atoms with E-state index in [1.807, 2.05) is 56.4 Å². The van der Waals surface area contributed by atoms with Crippen LogP contribution in [0.4, 0.5) is 11.4 Å². The molecule has 0 aliphatic carbocycles. The Bertz CT molecular complexity index is 1770. The van der Waals surface area contributed by atoms with Gasteiger partial charge >= 0.3 is 0 Å². The van der Waals surface area contributed by atoms with E-state index in [1.165, 1.54) is 11.8 Å². The Morgan fingerprint density at radius 3 is 2.45 bits per heavy atom. The molecule has 4 heterocycles. The molecule has 3 aromatic carbocycles. The number of nitrogens with zero attached hydrogens (tertiary/aromatic N) is 1. The van der Waals surface area contributed by atoms with E-state index in [0.29, 0.717) is 28.9 Å². The van der Waals surface area contributed by atoms with Crippen molar-refractivity contribution in [2.75, 3.05) is 10.2 Å². The van der Waals surface area contributed by atoms with E-state index in [4.69, 9.17) is 0 Å². The first-order valence-electron chi connectivity index (χ1n) is 13.5. The summed E-state index contributed by atoms with van der Waals surface area (Å²) in [6, 6.07) is 17.8. The van der Waals surface area contributed by atoms with E-state index >= 15 is 0 Å². The van der Waals surface area contributed by atoms with Crippen LogP contribution in [0.25, 0.3) is 10.9 Å². The van der Waals surface area contributed by atoms with Crippen molar-refractivity contribution in [3.05, 3.63) is 94.7 Å². The predicted octanol–water partition coefficient (Wildman–Crippen LogP) is 4.16. The van der Waals surface area contributed by atoms with Crippen molar-refractivity contribution in [3.8, 4) is 0 Å². The molecule has 0 saturated carbocycles. The number of carbonyl (C=O) groups is 4. The standard InChI is InChI=1S/C32H28N4O4/c1-16-8-13-23-28(17(16)2)34-31(40)32(23)27-26(25(35-32)14-20-15-33-24-7-5-4-6-22(20)24)29(38)36(30(27)39)21-11-9-19(10-12-21)18(3)37/h4-13,15,25-27,33,35H,14H2,1-3H3,(H,34,40). The summed E-state index contributed by atoms with van der Waals surface area (Å²) in [5, 5.41) is 7.63. The molecule has 3 aliphatic heterocycles. The molecule has 8 nitrogen and oxygen atoms in total. The number of Topliss-reactive ketones (excluding diaryl/α,β-unsaturated/α-hetero) is 1. The number of imide groups is 1. The molecule has 40 heavy (non-hydrogen) atoms. The molecule has 0 radical (unpaired) electrons. The molecule has 4 atom stereocenters. The van der Waals surface area contributed by atoms with E-state index < -0.39 is 29.3 Å². The zero-order chi connectivity index (χ0) is 27.9. The Morgan fingerprint density at radius 1 is 0.950 bits per heavy atom. The van der Waals surface area contributed by atoms with Crippen molar-refractivity contribution in [1.29, 1.82) is 0 Å². The van der Waals surface area contributed by atoms with E-state index in [0.717, 1.165) is 27.6 Å². The minimum atomic E-state index is -1.38. The number of ketones is 1. The van der Waals surface area contributed by atoms with E-state index in [2.05, 4.69) is 15.6 Å². The quantitative estimate of drug-likeness (QED) is 0.270. The second-order valence-electron chi connectivity index (χ2n) is 11.1. The third-order valence-electron chi connectivity index (χ3n) is 9.07. The van der Waals surface area contributed by atoms with Gasteiger partial charge in [-0.1, -0.05) is 30.3 Å². The first-order valence-corrected chi connectivity index (χ1v) is 13.5. The monoisotopic (exact) mass is 532 g/mol. The number of benzene rings is 3. The van der Waals surface area contributed by atoms with Crippen LogP contribution in [0, 0.1) is 25.7 Å². The highest BCUT2D eigenvalue weighted by atomic mass is 16.2. The summed E-state index contributed by atoms with van der Waals surface area (Å²) in [7, 11) is 0. The molecule has 1 aromatic heterocycles. The molecule has 4 unspecified atom stereocenters. The molecule has 4 aromatic rings. The molecule has 7 rings (SSSR count). The maximum Gasteiger partial charge on any atom is 0.250 e. The fraction of sp³-hybridized carbons (Fsp3) is 0.250. The van der Waals surface area contributed by atoms with Crippen molar-refractivity contribution < 1.29 is 19.2 Å². The van der Waals surface area contributed by atoms with Gasteiger partial charge in [0.25, 0.3) is 0 Å². The summed E-state index contributed by atoms with van der Waals surface area (Å²) in [4.78, 5) is 58.7. The molecule has 1 spiro atoms. The van der Waals surface area contributed by atoms with Gasteiger partial charge in [-0.05, 0) is 74.2 Å². The van der Waals surface area contributed by atoms with Crippen molar-refractivity contribution >= 4 is 45.8 Å². The van der Waals surface area contributed by atoms with Crippen LogP contribution in [0.2, 0.25) is 0 Å². The molecular weight excluding hydrogens is 504 g/mol. The highest BCUT2D eigenvalue weighted by Crippen LogP contribution is 2.54. The third-order valence-corrected chi connectivity index (χ3v) is 9.07. The Balaban J connectivity index is 1.37. The summed E-state index contributed by atoms with van der Waals surface area (Å²) >= 11 is 0. The first kappa shape index (κ1) is 24.5. The smallest absolute Gasteiger partial charge is 0.250 e. The number of nitrogens with one attached hydrogen (secondary N) is 3. The van der Waals surface area contributed by atoms with Gasteiger partial charge < -0.3 is 10.3 Å². The van der Waals surface area contributed by atoms with Crippen LogP contribution >= 0.6 is 0 Å². The van der Waals surface area contributed by atoms with Crippen LogP contribution in [0.15, 0.2) is 66.9 Å². The molecule has 0 bridgehead atoms. The van der Waals surface area contributed by atoms with Crippen molar-refractivity contribution in [1.82, 2.24) is 10.3 Å². The SMILES string of the molecule is CC(=O)c1ccc(N2C(=O)C3C(Cc4c[nH]c5ccccc45)NC4(C(=O)Nc5c4ccc(C)c5C)C3C2=O)cc1. The number of fused-ring (bicyclic) bond motifs is 5. The number of H-pyrrole nitrogens is 1. The third kappa shape index (κ3) is 3.17. The number of hydrogen-bond acceptors (Lipinski definition) is 5. The van der Waals surface area contributed by atoms with Gasteiger partial charge in [0.2, 0.25) is 17.7 Å². The molecule has 2 saturated heterocycles. The fourth-order valence-corrected chi connectivity index (χ4v) is 6.93.